The molecule has 138 valence electrons. The van der Waals surface area contributed by atoms with E-state index in [1.54, 1.807) is 24.3 Å². The quantitative estimate of drug-likeness (QED) is 0.469. The molecule has 3 aromatic rings. The maximum Gasteiger partial charge on any atom is 0.193 e. The Balaban J connectivity index is 0.000000314. The van der Waals surface area contributed by atoms with E-state index in [0.717, 1.165) is 30.3 Å². The lowest BCUT2D eigenvalue weighted by atomic mass is 10.1. The van der Waals surface area contributed by atoms with Gasteiger partial charge in [0.2, 0.25) is 0 Å². The summed E-state index contributed by atoms with van der Waals surface area (Å²) in [6, 6.07) is 20.1. The lowest BCUT2D eigenvalue weighted by molar-refractivity contribution is 0.198. The highest BCUT2D eigenvalue weighted by molar-refractivity contribution is 5.88. The van der Waals surface area contributed by atoms with Crippen molar-refractivity contribution < 1.29 is 19.7 Å². The van der Waals surface area contributed by atoms with Gasteiger partial charge in [0.15, 0.2) is 23.0 Å². The lowest BCUT2D eigenvalue weighted by Gasteiger charge is -2.33. The molecule has 0 radical (unpaired) electrons. The summed E-state index contributed by atoms with van der Waals surface area (Å²) in [4.78, 5) is 1.95. The summed E-state index contributed by atoms with van der Waals surface area (Å²) < 4.78 is 10.7. The molecule has 27 heavy (non-hydrogen) atoms. The van der Waals surface area contributed by atoms with Gasteiger partial charge in [0.1, 0.15) is 0 Å². The van der Waals surface area contributed by atoms with Crippen LogP contribution >= 0.6 is 0 Å². The normalized spacial score (nSPS) is 14.4. The molecule has 5 nitrogen and oxygen atoms in total. The van der Waals surface area contributed by atoms with E-state index >= 15 is 0 Å². The summed E-state index contributed by atoms with van der Waals surface area (Å²) >= 11 is 0. The first-order valence-corrected chi connectivity index (χ1v) is 9.00. The molecule has 2 aliphatic heterocycles. The summed E-state index contributed by atoms with van der Waals surface area (Å²) in [7, 11) is 0. The Bertz CT molecular complexity index is 864. The smallest absolute Gasteiger partial charge is 0.193 e. The molecule has 0 saturated carbocycles. The van der Waals surface area contributed by atoms with Crippen molar-refractivity contribution in [2.45, 2.75) is 12.8 Å². The van der Waals surface area contributed by atoms with Crippen molar-refractivity contribution in [3.05, 3.63) is 66.7 Å². The standard InChI is InChI=1S/C18H13NO3.C4H8O/c20-15-10-4-8-13-17(15)22-18-14(9-5-11-16(18)21)19(13)12-6-2-1-3-7-12;1-2-4-5-3-1/h1-11,20-21H;1-4H2. The Morgan fingerprint density at radius 3 is 1.70 bits per heavy atom. The molecule has 5 heteroatoms. The molecule has 2 heterocycles. The van der Waals surface area contributed by atoms with Crippen LogP contribution in [0.4, 0.5) is 17.1 Å². The first kappa shape index (κ1) is 17.2. The SMILES string of the molecule is C1CCOC1.Oc1cccc2c1Oc1c(O)cccc1N2c1ccccc1. The number of anilines is 3. The van der Waals surface area contributed by atoms with E-state index in [-0.39, 0.29) is 11.5 Å². The number of phenolic OH excluding ortho intramolecular Hbond substituents is 2. The Kier molecular flexibility index (Phi) is 4.85. The molecule has 3 aromatic carbocycles. The zero-order valence-electron chi connectivity index (χ0n) is 14.8. The molecule has 1 saturated heterocycles. The molecule has 2 N–H and O–H groups in total. The number of rotatable bonds is 1. The van der Waals surface area contributed by atoms with E-state index in [1.807, 2.05) is 47.4 Å². The van der Waals surface area contributed by atoms with E-state index in [2.05, 4.69) is 0 Å². The predicted octanol–water partition coefficient (Wildman–Crippen LogP) is 5.47. The van der Waals surface area contributed by atoms with Crippen LogP contribution in [0.3, 0.4) is 0 Å². The molecule has 0 atom stereocenters. The first-order valence-electron chi connectivity index (χ1n) is 9.00. The number of phenols is 2. The molecular formula is C22H21NO4. The van der Waals surface area contributed by atoms with Crippen LogP contribution in [0, 0.1) is 0 Å². The number of fused-ring (bicyclic) bond motifs is 2. The van der Waals surface area contributed by atoms with Gasteiger partial charge in [0.05, 0.1) is 11.4 Å². The summed E-state index contributed by atoms with van der Waals surface area (Å²) in [6.45, 7) is 2.00. The highest BCUT2D eigenvalue weighted by Crippen LogP contribution is 2.55. The fourth-order valence-corrected chi connectivity index (χ4v) is 3.18. The van der Waals surface area contributed by atoms with Crippen LogP contribution in [0.2, 0.25) is 0 Å². The van der Waals surface area contributed by atoms with Gasteiger partial charge in [-0.05, 0) is 49.2 Å². The molecule has 0 spiro atoms. The number of aromatic hydroxyl groups is 2. The zero-order valence-corrected chi connectivity index (χ0v) is 14.8. The minimum atomic E-state index is 0.0346. The molecule has 0 aromatic heterocycles. The van der Waals surface area contributed by atoms with Crippen LogP contribution in [0.1, 0.15) is 12.8 Å². The third-order valence-electron chi connectivity index (χ3n) is 4.47. The molecule has 1 fully saturated rings. The fourth-order valence-electron chi connectivity index (χ4n) is 3.18. The molecule has 0 aliphatic carbocycles. The highest BCUT2D eigenvalue weighted by atomic mass is 16.5. The molecule has 0 bridgehead atoms. The van der Waals surface area contributed by atoms with Gasteiger partial charge >= 0.3 is 0 Å². The van der Waals surface area contributed by atoms with Gasteiger partial charge in [-0.25, -0.2) is 0 Å². The second-order valence-corrected chi connectivity index (χ2v) is 6.34. The second-order valence-electron chi connectivity index (χ2n) is 6.34. The minimum absolute atomic E-state index is 0.0346. The number of hydrogen-bond donors (Lipinski definition) is 2. The summed E-state index contributed by atoms with van der Waals surface area (Å²) in [5.41, 5.74) is 2.37. The van der Waals surface area contributed by atoms with Gasteiger partial charge < -0.3 is 24.6 Å². The summed E-state index contributed by atoms with van der Waals surface area (Å²) in [6.07, 6.45) is 2.56. The van der Waals surface area contributed by atoms with Gasteiger partial charge in [0, 0.05) is 18.9 Å². The van der Waals surface area contributed by atoms with E-state index in [0.29, 0.717) is 11.5 Å². The maximum atomic E-state index is 10.1. The molecular weight excluding hydrogens is 342 g/mol. The van der Waals surface area contributed by atoms with Gasteiger partial charge in [0.25, 0.3) is 0 Å². The van der Waals surface area contributed by atoms with Crippen LogP contribution in [0.5, 0.6) is 23.0 Å². The van der Waals surface area contributed by atoms with Gasteiger partial charge in [-0.3, -0.25) is 0 Å². The Labute approximate surface area is 158 Å². The van der Waals surface area contributed by atoms with Crippen molar-refractivity contribution >= 4 is 17.1 Å². The summed E-state index contributed by atoms with van der Waals surface area (Å²) in [5.74, 6) is 0.736. The van der Waals surface area contributed by atoms with Crippen molar-refractivity contribution in [3.63, 3.8) is 0 Å². The average Bonchev–Trinajstić information content (AvgIpc) is 3.28. The topological polar surface area (TPSA) is 62.2 Å². The Morgan fingerprint density at radius 2 is 1.22 bits per heavy atom. The molecule has 5 rings (SSSR count). The van der Waals surface area contributed by atoms with Crippen molar-refractivity contribution in [2.24, 2.45) is 0 Å². The number of benzene rings is 3. The zero-order chi connectivity index (χ0) is 18.6. The largest absolute Gasteiger partial charge is 0.504 e. The van der Waals surface area contributed by atoms with Crippen LogP contribution in [0.25, 0.3) is 0 Å². The Hall–Kier alpha value is -3.18. The molecule has 0 unspecified atom stereocenters. The van der Waals surface area contributed by atoms with Crippen LogP contribution in [0.15, 0.2) is 66.7 Å². The second kappa shape index (κ2) is 7.60. The third kappa shape index (κ3) is 3.41. The van der Waals surface area contributed by atoms with Crippen LogP contribution in [-0.2, 0) is 4.74 Å². The number of ether oxygens (including phenoxy) is 2. The lowest BCUT2D eigenvalue weighted by Crippen LogP contribution is -2.15. The first-order chi connectivity index (χ1) is 13.3. The van der Waals surface area contributed by atoms with E-state index in [1.165, 1.54) is 12.8 Å². The minimum Gasteiger partial charge on any atom is -0.504 e. The predicted molar refractivity (Wildman–Crippen MR) is 105 cm³/mol. The monoisotopic (exact) mass is 363 g/mol. The van der Waals surface area contributed by atoms with E-state index in [4.69, 9.17) is 9.47 Å². The van der Waals surface area contributed by atoms with Crippen molar-refractivity contribution in [2.75, 3.05) is 18.1 Å². The summed E-state index contributed by atoms with van der Waals surface area (Å²) in [5, 5.41) is 20.2. The average molecular weight is 363 g/mol. The van der Waals surface area contributed by atoms with Crippen LogP contribution in [-0.4, -0.2) is 23.4 Å². The van der Waals surface area contributed by atoms with Crippen molar-refractivity contribution in [3.8, 4) is 23.0 Å². The number of nitrogens with zero attached hydrogens (tertiary/aromatic N) is 1. The van der Waals surface area contributed by atoms with Crippen molar-refractivity contribution in [1.82, 2.24) is 0 Å². The highest BCUT2D eigenvalue weighted by Gasteiger charge is 2.29. The Morgan fingerprint density at radius 1 is 0.667 bits per heavy atom. The number of para-hydroxylation sites is 3. The third-order valence-corrected chi connectivity index (χ3v) is 4.47. The van der Waals surface area contributed by atoms with Gasteiger partial charge in [-0.2, -0.15) is 0 Å². The molecule has 0 amide bonds. The van der Waals surface area contributed by atoms with Crippen LogP contribution < -0.4 is 9.64 Å². The van der Waals surface area contributed by atoms with Crippen molar-refractivity contribution in [1.29, 1.82) is 0 Å². The fraction of sp³-hybridized carbons (Fsp3) is 0.182. The van der Waals surface area contributed by atoms with E-state index < -0.39 is 0 Å². The molecule has 2 aliphatic rings. The van der Waals surface area contributed by atoms with E-state index in [9.17, 15) is 10.2 Å². The van der Waals surface area contributed by atoms with Gasteiger partial charge in [-0.15, -0.1) is 0 Å². The van der Waals surface area contributed by atoms with Gasteiger partial charge in [-0.1, -0.05) is 30.3 Å². The number of hydrogen-bond acceptors (Lipinski definition) is 5. The maximum absolute atomic E-state index is 10.1.